The van der Waals surface area contributed by atoms with Gasteiger partial charge in [-0.15, -0.1) is 0 Å². The third-order valence-corrected chi connectivity index (χ3v) is 3.88. The number of benzene rings is 2. The molecule has 0 saturated carbocycles. The molecule has 0 amide bonds. The molecule has 0 radical (unpaired) electrons. The molecule has 0 spiro atoms. The highest BCUT2D eigenvalue weighted by Crippen LogP contribution is 2.25. The summed E-state index contributed by atoms with van der Waals surface area (Å²) in [6.45, 7) is 2.12. The first-order chi connectivity index (χ1) is 9.20. The summed E-state index contributed by atoms with van der Waals surface area (Å²) >= 11 is 3.52. The first-order valence-electron chi connectivity index (χ1n) is 6.47. The first-order valence-corrected chi connectivity index (χ1v) is 7.26. The van der Waals surface area contributed by atoms with Gasteiger partial charge in [-0.1, -0.05) is 52.3 Å². The van der Waals surface area contributed by atoms with Crippen LogP contribution < -0.4 is 11.3 Å². The van der Waals surface area contributed by atoms with Crippen molar-refractivity contribution >= 4 is 15.9 Å². The fourth-order valence-corrected chi connectivity index (χ4v) is 2.65. The van der Waals surface area contributed by atoms with Gasteiger partial charge in [0.15, 0.2) is 0 Å². The molecular formula is C16H19BrN2. The summed E-state index contributed by atoms with van der Waals surface area (Å²) in [4.78, 5) is 0. The zero-order chi connectivity index (χ0) is 13.7. The van der Waals surface area contributed by atoms with E-state index in [2.05, 4.69) is 70.7 Å². The average molecular weight is 319 g/mol. The monoisotopic (exact) mass is 318 g/mol. The highest BCUT2D eigenvalue weighted by molar-refractivity contribution is 9.10. The van der Waals surface area contributed by atoms with Gasteiger partial charge < -0.3 is 0 Å². The summed E-state index contributed by atoms with van der Waals surface area (Å²) in [6.07, 6.45) is 2.00. The highest BCUT2D eigenvalue weighted by Gasteiger charge is 2.12. The van der Waals surface area contributed by atoms with E-state index in [-0.39, 0.29) is 6.04 Å². The van der Waals surface area contributed by atoms with Crippen LogP contribution in [0.1, 0.15) is 29.2 Å². The van der Waals surface area contributed by atoms with Crippen LogP contribution in [0.3, 0.4) is 0 Å². The van der Waals surface area contributed by atoms with Crippen molar-refractivity contribution in [2.45, 2.75) is 25.8 Å². The summed E-state index contributed by atoms with van der Waals surface area (Å²) < 4.78 is 1.09. The Morgan fingerprint density at radius 1 is 1.16 bits per heavy atom. The van der Waals surface area contributed by atoms with Gasteiger partial charge in [-0.2, -0.15) is 0 Å². The predicted molar refractivity (Wildman–Crippen MR) is 83.7 cm³/mol. The topological polar surface area (TPSA) is 38.0 Å². The van der Waals surface area contributed by atoms with Gasteiger partial charge in [-0.25, -0.2) is 0 Å². The predicted octanol–water partition coefficient (Wildman–Crippen LogP) is 3.89. The maximum Gasteiger partial charge on any atom is 0.0466 e. The lowest BCUT2D eigenvalue weighted by atomic mass is 9.96. The lowest BCUT2D eigenvalue weighted by Gasteiger charge is -2.19. The van der Waals surface area contributed by atoms with Crippen molar-refractivity contribution in [2.75, 3.05) is 0 Å². The second-order valence-electron chi connectivity index (χ2n) is 4.74. The first kappa shape index (κ1) is 14.3. The molecule has 1 atom stereocenters. The summed E-state index contributed by atoms with van der Waals surface area (Å²) in [5.41, 5.74) is 6.80. The molecule has 0 bridgehead atoms. The van der Waals surface area contributed by atoms with Gasteiger partial charge in [0.1, 0.15) is 0 Å². The van der Waals surface area contributed by atoms with Gasteiger partial charge in [0.05, 0.1) is 0 Å². The Balaban J connectivity index is 2.10. The van der Waals surface area contributed by atoms with Crippen LogP contribution in [0.4, 0.5) is 0 Å². The third kappa shape index (κ3) is 3.90. The van der Waals surface area contributed by atoms with E-state index in [4.69, 9.17) is 5.84 Å². The van der Waals surface area contributed by atoms with Crippen LogP contribution in [0.5, 0.6) is 0 Å². The van der Waals surface area contributed by atoms with Crippen molar-refractivity contribution in [3.05, 3.63) is 69.7 Å². The van der Waals surface area contributed by atoms with Crippen LogP contribution >= 0.6 is 15.9 Å². The van der Waals surface area contributed by atoms with Crippen molar-refractivity contribution in [1.29, 1.82) is 0 Å². The summed E-state index contributed by atoms with van der Waals surface area (Å²) in [6, 6.07) is 17.0. The number of nitrogens with two attached hydrogens (primary N) is 1. The molecule has 0 aromatic heterocycles. The SMILES string of the molecule is Cc1ccc(Br)cc1C(CCc1ccccc1)NN. The largest absolute Gasteiger partial charge is 0.271 e. The van der Waals surface area contributed by atoms with E-state index < -0.39 is 0 Å². The minimum atomic E-state index is 0.178. The number of nitrogens with one attached hydrogen (secondary N) is 1. The van der Waals surface area contributed by atoms with Crippen LogP contribution in [0.25, 0.3) is 0 Å². The molecule has 3 heteroatoms. The standard InChI is InChI=1S/C16H19BrN2/c1-12-7-9-14(17)11-15(12)16(19-18)10-8-13-5-3-2-4-6-13/h2-7,9,11,16,19H,8,10,18H2,1H3. The molecule has 3 N–H and O–H groups in total. The Bertz CT molecular complexity index is 526. The number of aryl methyl sites for hydroxylation is 2. The Kier molecular flexibility index (Phi) is 5.14. The fraction of sp³-hybridized carbons (Fsp3) is 0.250. The van der Waals surface area contributed by atoms with Crippen molar-refractivity contribution in [3.63, 3.8) is 0 Å². The molecule has 0 heterocycles. The highest BCUT2D eigenvalue weighted by atomic mass is 79.9. The van der Waals surface area contributed by atoms with E-state index in [1.165, 1.54) is 16.7 Å². The maximum absolute atomic E-state index is 5.72. The number of rotatable bonds is 5. The molecule has 100 valence electrons. The van der Waals surface area contributed by atoms with Crippen LogP contribution in [0.15, 0.2) is 53.0 Å². The van der Waals surface area contributed by atoms with Gasteiger partial charge >= 0.3 is 0 Å². The second-order valence-corrected chi connectivity index (χ2v) is 5.66. The van der Waals surface area contributed by atoms with Gasteiger partial charge in [0.2, 0.25) is 0 Å². The molecule has 0 fully saturated rings. The van der Waals surface area contributed by atoms with Crippen LogP contribution in [0.2, 0.25) is 0 Å². The number of hydrogen-bond donors (Lipinski definition) is 2. The van der Waals surface area contributed by atoms with E-state index in [9.17, 15) is 0 Å². The normalized spacial score (nSPS) is 12.4. The molecule has 0 aliphatic carbocycles. The second kappa shape index (κ2) is 6.85. The molecule has 2 rings (SSSR count). The lowest BCUT2D eigenvalue weighted by Crippen LogP contribution is -2.29. The Labute approximate surface area is 123 Å². The summed E-state index contributed by atoms with van der Waals surface area (Å²) in [5.74, 6) is 5.72. The van der Waals surface area contributed by atoms with E-state index >= 15 is 0 Å². The molecule has 2 aromatic rings. The minimum Gasteiger partial charge on any atom is -0.271 e. The number of hydrazine groups is 1. The minimum absolute atomic E-state index is 0.178. The van der Waals surface area contributed by atoms with Gasteiger partial charge in [-0.3, -0.25) is 11.3 Å². The molecule has 0 saturated heterocycles. The number of halogens is 1. The van der Waals surface area contributed by atoms with Gasteiger partial charge in [0, 0.05) is 10.5 Å². The molecule has 2 aromatic carbocycles. The zero-order valence-corrected chi connectivity index (χ0v) is 12.7. The van der Waals surface area contributed by atoms with Crippen molar-refractivity contribution in [3.8, 4) is 0 Å². The molecule has 19 heavy (non-hydrogen) atoms. The molecule has 0 aliphatic heterocycles. The van der Waals surface area contributed by atoms with E-state index in [0.717, 1.165) is 17.3 Å². The molecule has 0 aliphatic rings. The van der Waals surface area contributed by atoms with Crippen molar-refractivity contribution in [2.24, 2.45) is 5.84 Å². The summed E-state index contributed by atoms with van der Waals surface area (Å²) in [5, 5.41) is 0. The molecule has 1 unspecified atom stereocenters. The van der Waals surface area contributed by atoms with Crippen molar-refractivity contribution in [1.82, 2.24) is 5.43 Å². The number of hydrogen-bond acceptors (Lipinski definition) is 2. The van der Waals surface area contributed by atoms with Gasteiger partial charge in [-0.05, 0) is 48.6 Å². The van der Waals surface area contributed by atoms with Gasteiger partial charge in [0.25, 0.3) is 0 Å². The lowest BCUT2D eigenvalue weighted by molar-refractivity contribution is 0.514. The molecule has 2 nitrogen and oxygen atoms in total. The Hall–Kier alpha value is -1.16. The fourth-order valence-electron chi connectivity index (χ4n) is 2.27. The van der Waals surface area contributed by atoms with Crippen molar-refractivity contribution < 1.29 is 0 Å². The van der Waals surface area contributed by atoms with Crippen LogP contribution in [-0.2, 0) is 6.42 Å². The van der Waals surface area contributed by atoms with E-state index in [0.29, 0.717) is 0 Å². The van der Waals surface area contributed by atoms with E-state index in [1.54, 1.807) is 0 Å². The Morgan fingerprint density at radius 2 is 1.89 bits per heavy atom. The maximum atomic E-state index is 5.72. The zero-order valence-electron chi connectivity index (χ0n) is 11.1. The average Bonchev–Trinajstić information content (AvgIpc) is 2.44. The van der Waals surface area contributed by atoms with E-state index in [1.807, 2.05) is 6.07 Å². The smallest absolute Gasteiger partial charge is 0.0466 e. The molecular weight excluding hydrogens is 300 g/mol. The Morgan fingerprint density at radius 3 is 2.58 bits per heavy atom. The third-order valence-electron chi connectivity index (χ3n) is 3.38. The van der Waals surface area contributed by atoms with Crippen LogP contribution in [-0.4, -0.2) is 0 Å². The van der Waals surface area contributed by atoms with Crippen LogP contribution in [0, 0.1) is 6.92 Å². The quantitative estimate of drug-likeness (QED) is 0.648. The summed E-state index contributed by atoms with van der Waals surface area (Å²) in [7, 11) is 0.